The SMILES string of the molecule is CC(C)(C)OC(=O)NC1CCN(C(=O)C(NC(=O)C(O)c2ccc(OCC3CCCCC3)cc2)C(F)(F)c2ccc(-c3ccc(Cl)cc3)cc2)CC1. The fraction of sp³-hybridized carbons (Fsp3) is 0.475. The van der Waals surface area contributed by atoms with E-state index in [-0.39, 0.29) is 24.7 Å². The molecule has 1 saturated heterocycles. The average Bonchev–Trinajstić information content (AvgIpc) is 3.13. The number of benzene rings is 3. The van der Waals surface area contributed by atoms with E-state index in [2.05, 4.69) is 10.6 Å². The number of halogens is 3. The molecule has 52 heavy (non-hydrogen) atoms. The zero-order valence-electron chi connectivity index (χ0n) is 29.9. The van der Waals surface area contributed by atoms with Gasteiger partial charge in [-0.3, -0.25) is 9.59 Å². The number of likely N-dealkylation sites (tertiary alicyclic amines) is 1. The normalized spacial score (nSPS) is 17.2. The Morgan fingerprint density at radius 3 is 2.02 bits per heavy atom. The van der Waals surface area contributed by atoms with Gasteiger partial charge in [0.15, 0.2) is 12.1 Å². The second-order valence-corrected chi connectivity index (χ2v) is 15.1. The highest BCUT2D eigenvalue weighted by Gasteiger charge is 2.49. The molecule has 1 heterocycles. The monoisotopic (exact) mass is 739 g/mol. The van der Waals surface area contributed by atoms with Crippen LogP contribution < -0.4 is 15.4 Å². The van der Waals surface area contributed by atoms with E-state index in [9.17, 15) is 19.5 Å². The average molecular weight is 740 g/mol. The predicted molar refractivity (Wildman–Crippen MR) is 195 cm³/mol. The maximum atomic E-state index is 16.5. The van der Waals surface area contributed by atoms with Crippen molar-refractivity contribution in [1.29, 1.82) is 0 Å². The van der Waals surface area contributed by atoms with Gasteiger partial charge in [-0.05, 0) is 93.3 Å². The smallest absolute Gasteiger partial charge is 0.407 e. The van der Waals surface area contributed by atoms with Gasteiger partial charge in [0.2, 0.25) is 0 Å². The number of ether oxygens (including phenoxy) is 2. The van der Waals surface area contributed by atoms with Gasteiger partial charge >= 0.3 is 12.0 Å². The maximum Gasteiger partial charge on any atom is 0.407 e. The lowest BCUT2D eigenvalue weighted by Gasteiger charge is -2.37. The highest BCUT2D eigenvalue weighted by atomic mass is 35.5. The Labute approximate surface area is 309 Å². The summed E-state index contributed by atoms with van der Waals surface area (Å²) in [5.41, 5.74) is 0.401. The zero-order valence-corrected chi connectivity index (χ0v) is 30.6. The standard InChI is InChI=1S/C40H48ClF2N3O6/c1-39(2,3)52-38(50)44-32-21-23-46(24-22-32)37(49)35(40(42,43)30-15-9-27(10-16-30)28-11-17-31(41)18-12-28)45-36(48)34(47)29-13-19-33(20-14-29)51-25-26-7-5-4-6-8-26/h9-20,26,32,34-35,47H,4-8,21-25H2,1-3H3,(H,44,50)(H,45,48). The molecule has 2 atom stereocenters. The summed E-state index contributed by atoms with van der Waals surface area (Å²) in [5.74, 6) is -4.95. The number of alkyl halides is 2. The first kappa shape index (κ1) is 39.0. The van der Waals surface area contributed by atoms with Crippen molar-refractivity contribution in [3.63, 3.8) is 0 Å². The highest BCUT2D eigenvalue weighted by Crippen LogP contribution is 2.35. The van der Waals surface area contributed by atoms with Crippen molar-refractivity contribution in [2.24, 2.45) is 5.92 Å². The quantitative estimate of drug-likeness (QED) is 0.185. The molecule has 0 radical (unpaired) electrons. The van der Waals surface area contributed by atoms with Crippen LogP contribution in [-0.2, 0) is 20.2 Å². The lowest BCUT2D eigenvalue weighted by molar-refractivity contribution is -0.152. The fourth-order valence-electron chi connectivity index (χ4n) is 6.59. The molecule has 3 aromatic carbocycles. The number of nitrogens with zero attached hydrogens (tertiary/aromatic N) is 1. The van der Waals surface area contributed by atoms with Crippen LogP contribution in [-0.4, -0.2) is 65.3 Å². The lowest BCUT2D eigenvalue weighted by atomic mass is 9.90. The Morgan fingerprint density at radius 2 is 1.44 bits per heavy atom. The lowest BCUT2D eigenvalue weighted by Crippen LogP contribution is -2.59. The second kappa shape index (κ2) is 17.1. The van der Waals surface area contributed by atoms with Gasteiger partial charge in [-0.25, -0.2) is 4.79 Å². The van der Waals surface area contributed by atoms with Crippen molar-refractivity contribution in [2.45, 2.75) is 95.4 Å². The molecule has 0 aromatic heterocycles. The number of hydrogen-bond acceptors (Lipinski definition) is 6. The number of aliphatic hydroxyl groups excluding tert-OH is 1. The third-order valence-electron chi connectivity index (χ3n) is 9.53. The third-order valence-corrected chi connectivity index (χ3v) is 9.78. The van der Waals surface area contributed by atoms with Gasteiger partial charge in [-0.15, -0.1) is 0 Å². The Kier molecular flexibility index (Phi) is 12.8. The summed E-state index contributed by atoms with van der Waals surface area (Å²) in [6.07, 6.45) is 4.03. The number of alkyl carbamates (subject to hydrolysis) is 1. The van der Waals surface area contributed by atoms with Crippen molar-refractivity contribution in [1.82, 2.24) is 15.5 Å². The van der Waals surface area contributed by atoms with E-state index in [0.29, 0.717) is 41.7 Å². The van der Waals surface area contributed by atoms with Crippen molar-refractivity contribution in [3.8, 4) is 16.9 Å². The minimum absolute atomic E-state index is 0.0577. The molecule has 0 bridgehead atoms. The van der Waals surface area contributed by atoms with Crippen LogP contribution in [0.25, 0.3) is 11.1 Å². The number of aliphatic hydroxyl groups is 1. The van der Waals surface area contributed by atoms with Crippen molar-refractivity contribution in [2.75, 3.05) is 19.7 Å². The van der Waals surface area contributed by atoms with Crippen LogP contribution in [0.5, 0.6) is 5.75 Å². The minimum Gasteiger partial charge on any atom is -0.493 e. The molecule has 12 heteroatoms. The summed E-state index contributed by atoms with van der Waals surface area (Å²) in [4.78, 5) is 40.9. The summed E-state index contributed by atoms with van der Waals surface area (Å²) in [6.45, 7) is 5.92. The van der Waals surface area contributed by atoms with E-state index in [1.807, 2.05) is 0 Å². The molecule has 3 aromatic rings. The molecular weight excluding hydrogens is 692 g/mol. The molecule has 3 N–H and O–H groups in total. The first-order chi connectivity index (χ1) is 24.7. The highest BCUT2D eigenvalue weighted by molar-refractivity contribution is 6.30. The van der Waals surface area contributed by atoms with Crippen LogP contribution in [0.4, 0.5) is 13.6 Å². The van der Waals surface area contributed by atoms with Crippen molar-refractivity contribution < 1.29 is 37.7 Å². The molecule has 2 unspecified atom stereocenters. The molecule has 5 rings (SSSR count). The van der Waals surface area contributed by atoms with E-state index in [1.165, 1.54) is 60.6 Å². The molecular formula is C40H48ClF2N3O6. The summed E-state index contributed by atoms with van der Waals surface area (Å²) < 4.78 is 44.2. The van der Waals surface area contributed by atoms with Crippen LogP contribution >= 0.6 is 11.6 Å². The van der Waals surface area contributed by atoms with Crippen molar-refractivity contribution in [3.05, 3.63) is 88.9 Å². The van der Waals surface area contributed by atoms with Gasteiger partial charge in [0.05, 0.1) is 6.61 Å². The number of rotatable bonds is 11. The molecule has 2 aliphatic rings. The van der Waals surface area contributed by atoms with Crippen LogP contribution in [0, 0.1) is 5.92 Å². The predicted octanol–water partition coefficient (Wildman–Crippen LogP) is 7.79. The Morgan fingerprint density at radius 1 is 0.865 bits per heavy atom. The van der Waals surface area contributed by atoms with E-state index < -0.39 is 47.1 Å². The van der Waals surface area contributed by atoms with Crippen LogP contribution in [0.15, 0.2) is 72.8 Å². The first-order valence-electron chi connectivity index (χ1n) is 17.9. The number of piperidine rings is 1. The summed E-state index contributed by atoms with van der Waals surface area (Å²) in [7, 11) is 0. The third kappa shape index (κ3) is 10.4. The molecule has 2 fully saturated rings. The van der Waals surface area contributed by atoms with E-state index in [0.717, 1.165) is 18.4 Å². The second-order valence-electron chi connectivity index (χ2n) is 14.7. The first-order valence-corrected chi connectivity index (χ1v) is 18.3. The summed E-state index contributed by atoms with van der Waals surface area (Å²) >= 11 is 6.00. The molecule has 9 nitrogen and oxygen atoms in total. The number of carbonyl (C=O) groups is 3. The van der Waals surface area contributed by atoms with Gasteiger partial charge in [-0.1, -0.05) is 79.4 Å². The summed E-state index contributed by atoms with van der Waals surface area (Å²) in [5, 5.41) is 16.5. The van der Waals surface area contributed by atoms with E-state index in [4.69, 9.17) is 21.1 Å². The number of hydrogen-bond donors (Lipinski definition) is 3. The maximum absolute atomic E-state index is 16.5. The molecule has 1 aliphatic carbocycles. The van der Waals surface area contributed by atoms with E-state index >= 15 is 8.78 Å². The largest absolute Gasteiger partial charge is 0.493 e. The fourth-order valence-corrected chi connectivity index (χ4v) is 6.72. The molecule has 1 saturated carbocycles. The van der Waals surface area contributed by atoms with Crippen LogP contribution in [0.1, 0.15) is 82.9 Å². The zero-order chi connectivity index (χ0) is 37.5. The van der Waals surface area contributed by atoms with E-state index in [1.54, 1.807) is 57.2 Å². The molecule has 0 spiro atoms. The van der Waals surface area contributed by atoms with Gasteiger partial charge in [0.1, 0.15) is 11.4 Å². The number of carbonyl (C=O) groups excluding carboxylic acids is 3. The number of amides is 3. The molecule has 1 aliphatic heterocycles. The Bertz CT molecular complexity index is 1650. The summed E-state index contributed by atoms with van der Waals surface area (Å²) in [6, 6.07) is 16.0. The Hall–Kier alpha value is -4.22. The van der Waals surface area contributed by atoms with Crippen molar-refractivity contribution >= 4 is 29.5 Å². The molecule has 280 valence electrons. The molecule has 3 amide bonds. The van der Waals surface area contributed by atoms with Crippen LogP contribution in [0.3, 0.4) is 0 Å². The van der Waals surface area contributed by atoms with Gasteiger partial charge in [0, 0.05) is 29.7 Å². The minimum atomic E-state index is -3.87. The van der Waals surface area contributed by atoms with Crippen LogP contribution in [0.2, 0.25) is 5.02 Å². The van der Waals surface area contributed by atoms with Gasteiger partial charge < -0.3 is 30.1 Å². The number of nitrogens with one attached hydrogen (secondary N) is 2. The Balaban J connectivity index is 1.30. The topological polar surface area (TPSA) is 117 Å². The van der Waals surface area contributed by atoms with Gasteiger partial charge in [0.25, 0.3) is 11.8 Å². The van der Waals surface area contributed by atoms with Gasteiger partial charge in [-0.2, -0.15) is 8.78 Å².